The van der Waals surface area contributed by atoms with E-state index < -0.39 is 0 Å². The Labute approximate surface area is 149 Å². The number of rotatable bonds is 4. The number of methoxy groups -OCH3 is 1. The first-order chi connectivity index (χ1) is 12.2. The van der Waals surface area contributed by atoms with Gasteiger partial charge in [0, 0.05) is 25.5 Å². The number of nitrogens with zero attached hydrogens (tertiary/aromatic N) is 3. The number of aromatic nitrogens is 3. The Morgan fingerprint density at radius 3 is 2.88 bits per heavy atom. The summed E-state index contributed by atoms with van der Waals surface area (Å²) in [5, 5.41) is 7.80. The second kappa shape index (κ2) is 7.44. The molecule has 0 radical (unpaired) electrons. The zero-order chi connectivity index (χ0) is 17.2. The minimum Gasteiger partial charge on any atom is -0.377 e. The topological polar surface area (TPSA) is 69.0 Å². The molecule has 6 heteroatoms. The summed E-state index contributed by atoms with van der Waals surface area (Å²) < 4.78 is 7.06. The van der Waals surface area contributed by atoms with Gasteiger partial charge in [-0.3, -0.25) is 4.79 Å². The lowest BCUT2D eigenvalue weighted by Gasteiger charge is -2.39. The zero-order valence-corrected chi connectivity index (χ0v) is 15.2. The summed E-state index contributed by atoms with van der Waals surface area (Å²) >= 11 is 0. The van der Waals surface area contributed by atoms with Crippen LogP contribution in [0.15, 0.2) is 0 Å². The van der Waals surface area contributed by atoms with Crippen LogP contribution in [0, 0.1) is 17.8 Å². The largest absolute Gasteiger partial charge is 0.377 e. The van der Waals surface area contributed by atoms with E-state index >= 15 is 0 Å². The first-order valence-electron chi connectivity index (χ1n) is 9.95. The number of nitrogens with one attached hydrogen (secondary N) is 1. The van der Waals surface area contributed by atoms with Gasteiger partial charge in [0.15, 0.2) is 5.82 Å². The van der Waals surface area contributed by atoms with E-state index in [-0.39, 0.29) is 17.9 Å². The molecule has 6 nitrogen and oxygen atoms in total. The highest BCUT2D eigenvalue weighted by Gasteiger charge is 2.35. The Morgan fingerprint density at radius 1 is 1.20 bits per heavy atom. The highest BCUT2D eigenvalue weighted by Crippen LogP contribution is 2.42. The van der Waals surface area contributed by atoms with Crippen LogP contribution in [0.1, 0.15) is 63.0 Å². The molecule has 1 aromatic heterocycles. The van der Waals surface area contributed by atoms with Gasteiger partial charge in [-0.05, 0) is 37.5 Å². The van der Waals surface area contributed by atoms with Gasteiger partial charge in [-0.15, -0.1) is 0 Å². The van der Waals surface area contributed by atoms with E-state index in [0.29, 0.717) is 6.61 Å². The van der Waals surface area contributed by atoms with Gasteiger partial charge < -0.3 is 10.1 Å². The van der Waals surface area contributed by atoms with Crippen molar-refractivity contribution in [1.29, 1.82) is 0 Å². The molecule has 0 saturated heterocycles. The fourth-order valence-electron chi connectivity index (χ4n) is 5.10. The zero-order valence-electron chi connectivity index (χ0n) is 15.2. The molecule has 2 fully saturated rings. The molecule has 4 rings (SSSR count). The number of hydrogen-bond donors (Lipinski definition) is 1. The number of ether oxygens (including phenoxy) is 1. The van der Waals surface area contributed by atoms with Crippen molar-refractivity contribution in [2.75, 3.05) is 7.11 Å². The highest BCUT2D eigenvalue weighted by atomic mass is 16.5. The summed E-state index contributed by atoms with van der Waals surface area (Å²) in [4.78, 5) is 17.3. The fourth-order valence-corrected chi connectivity index (χ4v) is 5.10. The van der Waals surface area contributed by atoms with Crippen LogP contribution >= 0.6 is 0 Å². The molecule has 0 unspecified atom stereocenters. The lowest BCUT2D eigenvalue weighted by Crippen LogP contribution is -2.45. The Morgan fingerprint density at radius 2 is 2.04 bits per heavy atom. The lowest BCUT2D eigenvalue weighted by molar-refractivity contribution is -0.128. The predicted octanol–water partition coefficient (Wildman–Crippen LogP) is 2.46. The first kappa shape index (κ1) is 17.0. The normalized spacial score (nSPS) is 31.9. The summed E-state index contributed by atoms with van der Waals surface area (Å²) in [5.41, 5.74) is 0. The third kappa shape index (κ3) is 3.73. The summed E-state index contributed by atoms with van der Waals surface area (Å²) in [6.45, 7) is 1.18. The number of carbonyl (C=O) groups excluding carboxylic acids is 1. The molecule has 25 heavy (non-hydrogen) atoms. The molecule has 138 valence electrons. The molecule has 4 atom stereocenters. The van der Waals surface area contributed by atoms with Gasteiger partial charge in [0.1, 0.15) is 12.4 Å². The molecule has 1 aromatic rings. The Hall–Kier alpha value is -1.43. The Balaban J connectivity index is 1.32. The maximum absolute atomic E-state index is 12.8. The van der Waals surface area contributed by atoms with E-state index in [1.807, 2.05) is 4.68 Å². The number of hydrogen-bond acceptors (Lipinski definition) is 4. The average molecular weight is 346 g/mol. The number of fused-ring (bicyclic) bond motifs is 2. The summed E-state index contributed by atoms with van der Waals surface area (Å²) in [5.74, 6) is 3.93. The van der Waals surface area contributed by atoms with Gasteiger partial charge >= 0.3 is 0 Å². The number of carbonyl (C=O) groups is 1. The van der Waals surface area contributed by atoms with Crippen LogP contribution in [0.5, 0.6) is 0 Å². The highest BCUT2D eigenvalue weighted by molar-refractivity contribution is 5.79. The minimum atomic E-state index is 0.182. The molecule has 2 aliphatic carbocycles. The minimum absolute atomic E-state index is 0.182. The first-order valence-corrected chi connectivity index (χ1v) is 9.95. The van der Waals surface area contributed by atoms with Crippen molar-refractivity contribution in [3.8, 4) is 0 Å². The fraction of sp³-hybridized carbons (Fsp3) is 0.842. The third-order valence-corrected chi connectivity index (χ3v) is 6.43. The Bertz CT molecular complexity index is 615. The van der Waals surface area contributed by atoms with Gasteiger partial charge in [0.2, 0.25) is 5.91 Å². The van der Waals surface area contributed by atoms with E-state index in [1.165, 1.54) is 32.1 Å². The molecule has 0 bridgehead atoms. The van der Waals surface area contributed by atoms with Gasteiger partial charge in [0.25, 0.3) is 0 Å². The second-order valence-electron chi connectivity index (χ2n) is 8.12. The summed E-state index contributed by atoms with van der Waals surface area (Å²) in [6.07, 6.45) is 10.7. The van der Waals surface area contributed by atoms with Crippen LogP contribution in [0.2, 0.25) is 0 Å². The van der Waals surface area contributed by atoms with Crippen molar-refractivity contribution >= 4 is 5.91 Å². The molecule has 0 aromatic carbocycles. The van der Waals surface area contributed by atoms with Crippen LogP contribution in [-0.4, -0.2) is 33.8 Å². The van der Waals surface area contributed by atoms with Crippen LogP contribution in [0.25, 0.3) is 0 Å². The van der Waals surface area contributed by atoms with Crippen molar-refractivity contribution in [1.82, 2.24) is 20.1 Å². The monoisotopic (exact) mass is 346 g/mol. The van der Waals surface area contributed by atoms with Crippen LogP contribution < -0.4 is 5.32 Å². The quantitative estimate of drug-likeness (QED) is 0.909. The molecule has 0 spiro atoms. The SMILES string of the molecule is COCc1nc2n(n1)C[C@H](NC(=O)[C@@H]1CC[C@H]3CCCC[C@@H]3C1)CC2. The van der Waals surface area contributed by atoms with Crippen molar-refractivity contribution < 1.29 is 9.53 Å². The molecule has 2 heterocycles. The van der Waals surface area contributed by atoms with Crippen molar-refractivity contribution in [3.05, 3.63) is 11.6 Å². The van der Waals surface area contributed by atoms with E-state index in [2.05, 4.69) is 15.4 Å². The molecular weight excluding hydrogens is 316 g/mol. The van der Waals surface area contributed by atoms with Crippen molar-refractivity contribution in [2.45, 2.75) is 77.0 Å². The third-order valence-electron chi connectivity index (χ3n) is 6.43. The molecular formula is C19H30N4O2. The lowest BCUT2D eigenvalue weighted by atomic mass is 9.67. The van der Waals surface area contributed by atoms with E-state index in [4.69, 9.17) is 4.74 Å². The maximum atomic E-state index is 12.8. The second-order valence-corrected chi connectivity index (χ2v) is 8.12. The predicted molar refractivity (Wildman–Crippen MR) is 93.8 cm³/mol. The standard InChI is InChI=1S/C19H30N4O2/c1-25-12-17-21-18-9-8-16(11-23(18)22-17)20-19(24)15-7-6-13-4-2-3-5-14(13)10-15/h13-16H,2-12H2,1H3,(H,20,24)/t13-,14-,15-,16-/m1/s1. The summed E-state index contributed by atoms with van der Waals surface area (Å²) in [6, 6.07) is 0.182. The van der Waals surface area contributed by atoms with Gasteiger partial charge in [0.05, 0.1) is 6.54 Å². The summed E-state index contributed by atoms with van der Waals surface area (Å²) in [7, 11) is 1.66. The molecule has 2 saturated carbocycles. The van der Waals surface area contributed by atoms with E-state index in [9.17, 15) is 4.79 Å². The van der Waals surface area contributed by atoms with E-state index in [1.54, 1.807) is 7.11 Å². The average Bonchev–Trinajstić information content (AvgIpc) is 3.03. The number of amides is 1. The van der Waals surface area contributed by atoms with Crippen LogP contribution in [0.4, 0.5) is 0 Å². The molecule has 1 N–H and O–H groups in total. The Kier molecular flexibility index (Phi) is 5.06. The molecule has 1 amide bonds. The molecule has 3 aliphatic rings. The van der Waals surface area contributed by atoms with Gasteiger partial charge in [-0.1, -0.05) is 25.7 Å². The van der Waals surface area contributed by atoms with Crippen LogP contribution in [0.3, 0.4) is 0 Å². The van der Waals surface area contributed by atoms with Gasteiger partial charge in [-0.25, -0.2) is 9.67 Å². The van der Waals surface area contributed by atoms with E-state index in [0.717, 1.165) is 55.7 Å². The molecule has 1 aliphatic heterocycles. The van der Waals surface area contributed by atoms with Crippen LogP contribution in [-0.2, 0) is 29.1 Å². The number of aryl methyl sites for hydroxylation is 1. The van der Waals surface area contributed by atoms with Crippen molar-refractivity contribution in [3.63, 3.8) is 0 Å². The maximum Gasteiger partial charge on any atom is 0.223 e. The smallest absolute Gasteiger partial charge is 0.223 e. The van der Waals surface area contributed by atoms with Crippen molar-refractivity contribution in [2.24, 2.45) is 17.8 Å². The van der Waals surface area contributed by atoms with Gasteiger partial charge in [-0.2, -0.15) is 5.10 Å².